The van der Waals surface area contributed by atoms with Gasteiger partial charge in [-0.25, -0.2) is 0 Å². The van der Waals surface area contributed by atoms with Crippen LogP contribution in [0, 0.1) is 0 Å². The van der Waals surface area contributed by atoms with E-state index in [1.54, 1.807) is 0 Å². The molecule has 0 N–H and O–H groups in total. The van der Waals surface area contributed by atoms with Crippen LogP contribution in [0.1, 0.15) is 25.0 Å². The van der Waals surface area contributed by atoms with Crippen molar-refractivity contribution < 1.29 is 0 Å². The van der Waals surface area contributed by atoms with E-state index in [9.17, 15) is 0 Å². The number of para-hydroxylation sites is 1. The molecule has 0 radical (unpaired) electrons. The third-order valence-electron chi connectivity index (χ3n) is 12.7. The van der Waals surface area contributed by atoms with Crippen LogP contribution in [0.15, 0.2) is 194 Å². The number of hydrogen-bond donors (Lipinski definition) is 0. The van der Waals surface area contributed by atoms with Gasteiger partial charge >= 0.3 is 0 Å². The second-order valence-electron chi connectivity index (χ2n) is 16.2. The number of aromatic nitrogens is 2. The summed E-state index contributed by atoms with van der Waals surface area (Å²) in [5, 5.41) is 7.57. The molecule has 0 saturated carbocycles. The number of hydrogen-bond acceptors (Lipinski definition) is 0. The van der Waals surface area contributed by atoms with Crippen molar-refractivity contribution in [2.24, 2.45) is 0 Å². The lowest BCUT2D eigenvalue weighted by molar-refractivity contribution is 0.664. The lowest BCUT2D eigenvalue weighted by Crippen LogP contribution is -2.16. The van der Waals surface area contributed by atoms with Gasteiger partial charge in [0, 0.05) is 38.3 Å². The largest absolute Gasteiger partial charge is 0.309 e. The second kappa shape index (κ2) is 11.9. The maximum absolute atomic E-state index is 2.53. The van der Waals surface area contributed by atoms with Crippen molar-refractivity contribution in [3.63, 3.8) is 0 Å². The van der Waals surface area contributed by atoms with Crippen molar-refractivity contribution in [1.82, 2.24) is 9.13 Å². The Kier molecular flexibility index (Phi) is 6.72. The van der Waals surface area contributed by atoms with Gasteiger partial charge in [-0.05, 0) is 110 Å². The van der Waals surface area contributed by atoms with E-state index in [-0.39, 0.29) is 5.41 Å². The summed E-state index contributed by atoms with van der Waals surface area (Å²) in [6.45, 7) is 4.79. The summed E-state index contributed by atoms with van der Waals surface area (Å²) < 4.78 is 4.94. The second-order valence-corrected chi connectivity index (χ2v) is 16.2. The average molecular weight is 727 g/mol. The van der Waals surface area contributed by atoms with Gasteiger partial charge in [0.25, 0.3) is 0 Å². The number of rotatable bonds is 4. The Balaban J connectivity index is 1.06. The molecule has 11 aromatic rings. The van der Waals surface area contributed by atoms with Crippen LogP contribution in [-0.2, 0) is 5.41 Å². The first-order valence-corrected chi connectivity index (χ1v) is 19.9. The highest BCUT2D eigenvalue weighted by atomic mass is 15.0. The third-order valence-corrected chi connectivity index (χ3v) is 12.7. The van der Waals surface area contributed by atoms with Crippen LogP contribution in [0.3, 0.4) is 0 Å². The van der Waals surface area contributed by atoms with E-state index in [1.807, 2.05) is 0 Å². The van der Waals surface area contributed by atoms with Gasteiger partial charge in [0.2, 0.25) is 0 Å². The van der Waals surface area contributed by atoms with E-state index in [4.69, 9.17) is 0 Å². The van der Waals surface area contributed by atoms with Gasteiger partial charge in [0.1, 0.15) is 0 Å². The lowest BCUT2D eigenvalue weighted by Gasteiger charge is -2.23. The molecule has 0 saturated heterocycles. The van der Waals surface area contributed by atoms with Crippen LogP contribution < -0.4 is 0 Å². The molecule has 0 fully saturated rings. The van der Waals surface area contributed by atoms with Gasteiger partial charge in [0.15, 0.2) is 0 Å². The fourth-order valence-electron chi connectivity index (χ4n) is 9.99. The number of fused-ring (bicyclic) bond motifs is 11. The smallest absolute Gasteiger partial charge is 0.0588 e. The molecule has 0 aliphatic heterocycles. The van der Waals surface area contributed by atoms with E-state index in [0.29, 0.717) is 0 Å². The molecule has 268 valence electrons. The highest BCUT2D eigenvalue weighted by Crippen LogP contribution is 2.53. The van der Waals surface area contributed by atoms with Crippen LogP contribution in [0.5, 0.6) is 0 Å². The van der Waals surface area contributed by atoms with Crippen LogP contribution in [0.2, 0.25) is 0 Å². The summed E-state index contributed by atoms with van der Waals surface area (Å²) in [6, 6.07) is 71.8. The monoisotopic (exact) mass is 726 g/mol. The van der Waals surface area contributed by atoms with Crippen molar-refractivity contribution in [1.29, 1.82) is 0 Å². The van der Waals surface area contributed by atoms with Crippen molar-refractivity contribution in [2.45, 2.75) is 19.3 Å². The normalized spacial score (nSPS) is 13.2. The van der Waals surface area contributed by atoms with E-state index in [0.717, 1.165) is 5.69 Å². The van der Waals surface area contributed by atoms with Crippen LogP contribution in [0.4, 0.5) is 0 Å². The molecule has 1 aliphatic carbocycles. The minimum atomic E-state index is -0.154. The average Bonchev–Trinajstić information content (AvgIpc) is 3.86. The molecule has 0 spiro atoms. The zero-order valence-corrected chi connectivity index (χ0v) is 31.9. The lowest BCUT2D eigenvalue weighted by atomic mass is 9.81. The standard InChI is InChI=1S/C55H38N2/c1-55(2)49-18-10-8-16-43(49)45-28-29-46-48-34-40(24-31-52(48)57(54(46)53(45)55)42-27-22-36-14-6-7-15-38(36)32-42)39-23-30-51-47(33-39)44-17-9-11-19-50(44)56(51)41-25-20-37(21-26-41)35-12-4-3-5-13-35/h3-34H,1-2H3. The SMILES string of the molecule is CC1(C)c2ccccc2-c2ccc3c4cc(-c5ccc6c(c5)c5ccccc5n6-c5ccc(-c6ccccc6)cc5)ccc4n(-c4ccc5ccccc5c4)c3c21. The quantitative estimate of drug-likeness (QED) is 0.171. The molecule has 1 aliphatic rings. The van der Waals surface area contributed by atoms with Crippen molar-refractivity contribution in [3.8, 4) is 44.8 Å². The summed E-state index contributed by atoms with van der Waals surface area (Å²) in [7, 11) is 0. The van der Waals surface area contributed by atoms with Gasteiger partial charge in [0.05, 0.1) is 22.1 Å². The molecular weight excluding hydrogens is 689 g/mol. The first-order valence-electron chi connectivity index (χ1n) is 19.9. The summed E-state index contributed by atoms with van der Waals surface area (Å²) in [5.74, 6) is 0. The minimum absolute atomic E-state index is 0.154. The Hall–Kier alpha value is -7.16. The summed E-state index contributed by atoms with van der Waals surface area (Å²) >= 11 is 0. The van der Waals surface area contributed by atoms with Crippen LogP contribution in [-0.4, -0.2) is 9.13 Å². The molecule has 9 aromatic carbocycles. The highest BCUT2D eigenvalue weighted by Gasteiger charge is 2.38. The summed E-state index contributed by atoms with van der Waals surface area (Å²) in [5.41, 5.74) is 17.5. The highest BCUT2D eigenvalue weighted by molar-refractivity contribution is 6.15. The molecule has 0 atom stereocenters. The first-order chi connectivity index (χ1) is 28.0. The molecule has 0 amide bonds. The molecule has 12 rings (SSSR count). The van der Waals surface area contributed by atoms with Gasteiger partial charge in [-0.3, -0.25) is 0 Å². The topological polar surface area (TPSA) is 9.86 Å². The van der Waals surface area contributed by atoms with E-state index >= 15 is 0 Å². The summed E-state index contributed by atoms with van der Waals surface area (Å²) in [6.07, 6.45) is 0. The Morgan fingerprint density at radius 1 is 0.351 bits per heavy atom. The van der Waals surface area contributed by atoms with Gasteiger partial charge in [-0.1, -0.05) is 153 Å². The molecule has 57 heavy (non-hydrogen) atoms. The zero-order valence-electron chi connectivity index (χ0n) is 31.9. The van der Waals surface area contributed by atoms with Crippen LogP contribution >= 0.6 is 0 Å². The molecule has 2 aromatic heterocycles. The maximum atomic E-state index is 2.53. The van der Waals surface area contributed by atoms with E-state index < -0.39 is 0 Å². The first kappa shape index (κ1) is 32.1. The number of nitrogens with zero attached hydrogens (tertiary/aromatic N) is 2. The Bertz CT molecular complexity index is 3410. The Labute approximate surface area is 331 Å². The zero-order chi connectivity index (χ0) is 37.8. The Morgan fingerprint density at radius 3 is 1.75 bits per heavy atom. The predicted molar refractivity (Wildman–Crippen MR) is 241 cm³/mol. The van der Waals surface area contributed by atoms with Crippen molar-refractivity contribution >= 4 is 54.4 Å². The van der Waals surface area contributed by atoms with Crippen molar-refractivity contribution in [2.75, 3.05) is 0 Å². The van der Waals surface area contributed by atoms with Gasteiger partial charge in [-0.2, -0.15) is 0 Å². The molecule has 0 unspecified atom stereocenters. The molecule has 2 heterocycles. The van der Waals surface area contributed by atoms with Gasteiger partial charge in [-0.15, -0.1) is 0 Å². The third kappa shape index (κ3) is 4.65. The molecular formula is C55H38N2. The summed E-state index contributed by atoms with van der Waals surface area (Å²) in [4.78, 5) is 0. The van der Waals surface area contributed by atoms with Crippen molar-refractivity contribution in [3.05, 3.63) is 205 Å². The molecule has 2 heteroatoms. The minimum Gasteiger partial charge on any atom is -0.309 e. The fourth-order valence-corrected chi connectivity index (χ4v) is 9.99. The molecule has 0 bridgehead atoms. The number of benzene rings is 9. The van der Waals surface area contributed by atoms with E-state index in [2.05, 4.69) is 217 Å². The maximum Gasteiger partial charge on any atom is 0.0588 e. The molecule has 2 nitrogen and oxygen atoms in total. The predicted octanol–water partition coefficient (Wildman–Crippen LogP) is 14.7. The van der Waals surface area contributed by atoms with Crippen LogP contribution in [0.25, 0.3) is 99.1 Å². The fraction of sp³-hybridized carbons (Fsp3) is 0.0545. The van der Waals surface area contributed by atoms with Gasteiger partial charge < -0.3 is 9.13 Å². The van der Waals surface area contributed by atoms with E-state index in [1.165, 1.54) is 105 Å². The Morgan fingerprint density at radius 2 is 0.947 bits per heavy atom.